The number of aromatic nitrogens is 1. The zero-order chi connectivity index (χ0) is 12.5. The predicted molar refractivity (Wildman–Crippen MR) is 77.6 cm³/mol. The number of fused-ring (bicyclic) bond motifs is 2. The average Bonchev–Trinajstić information content (AvgIpc) is 2.99. The zero-order valence-electron chi connectivity index (χ0n) is 10.4. The number of anilines is 1. The van der Waals surface area contributed by atoms with Crippen molar-refractivity contribution in [2.24, 2.45) is 23.5 Å². The molecule has 2 bridgehead atoms. The minimum atomic E-state index is 0.405. The lowest BCUT2D eigenvalue weighted by Gasteiger charge is -2.22. The van der Waals surface area contributed by atoms with Gasteiger partial charge in [0, 0.05) is 18.3 Å². The highest BCUT2D eigenvalue weighted by Gasteiger charge is 2.38. The minimum Gasteiger partial charge on any atom is -0.389 e. The van der Waals surface area contributed by atoms with Crippen LogP contribution in [0.25, 0.3) is 0 Å². The SMILES string of the molecule is NC(=S)c1ccc(NCC2CC3CCC2C3)nc1. The molecule has 0 amide bonds. The van der Waals surface area contributed by atoms with Crippen LogP contribution in [-0.2, 0) is 0 Å². The Morgan fingerprint density at radius 3 is 2.83 bits per heavy atom. The second kappa shape index (κ2) is 4.84. The molecule has 18 heavy (non-hydrogen) atoms. The molecule has 0 saturated heterocycles. The molecule has 0 radical (unpaired) electrons. The van der Waals surface area contributed by atoms with Crippen molar-refractivity contribution in [1.82, 2.24) is 4.98 Å². The zero-order valence-corrected chi connectivity index (χ0v) is 11.2. The van der Waals surface area contributed by atoms with E-state index in [1.165, 1.54) is 25.7 Å². The molecule has 3 atom stereocenters. The third kappa shape index (κ3) is 2.34. The Morgan fingerprint density at radius 2 is 2.28 bits per heavy atom. The molecule has 1 heterocycles. The van der Waals surface area contributed by atoms with Crippen molar-refractivity contribution in [2.75, 3.05) is 11.9 Å². The van der Waals surface area contributed by atoms with Crippen molar-refractivity contribution >= 4 is 23.0 Å². The van der Waals surface area contributed by atoms with E-state index in [1.54, 1.807) is 6.20 Å². The number of nitrogens with one attached hydrogen (secondary N) is 1. The maximum Gasteiger partial charge on any atom is 0.125 e. The van der Waals surface area contributed by atoms with Crippen LogP contribution >= 0.6 is 12.2 Å². The molecule has 2 aliphatic carbocycles. The van der Waals surface area contributed by atoms with Crippen molar-refractivity contribution in [1.29, 1.82) is 0 Å². The first-order valence-corrected chi connectivity index (χ1v) is 7.13. The first-order chi connectivity index (χ1) is 8.72. The average molecular weight is 261 g/mol. The van der Waals surface area contributed by atoms with E-state index in [4.69, 9.17) is 18.0 Å². The third-order valence-corrected chi connectivity index (χ3v) is 4.71. The fraction of sp³-hybridized carbons (Fsp3) is 0.571. The Morgan fingerprint density at radius 1 is 1.39 bits per heavy atom. The molecule has 0 spiro atoms. The summed E-state index contributed by atoms with van der Waals surface area (Å²) in [7, 11) is 0. The molecule has 2 aliphatic rings. The quantitative estimate of drug-likeness (QED) is 0.818. The summed E-state index contributed by atoms with van der Waals surface area (Å²) < 4.78 is 0. The first-order valence-electron chi connectivity index (χ1n) is 6.72. The number of nitrogens with zero attached hydrogens (tertiary/aromatic N) is 1. The fourth-order valence-electron chi connectivity index (χ4n) is 3.51. The number of hydrogen-bond donors (Lipinski definition) is 2. The van der Waals surface area contributed by atoms with Gasteiger partial charge in [0.2, 0.25) is 0 Å². The molecule has 4 heteroatoms. The van der Waals surface area contributed by atoms with Gasteiger partial charge in [-0.3, -0.25) is 0 Å². The topological polar surface area (TPSA) is 50.9 Å². The summed E-state index contributed by atoms with van der Waals surface area (Å²) in [5, 5.41) is 3.44. The van der Waals surface area contributed by atoms with Gasteiger partial charge in [-0.2, -0.15) is 0 Å². The number of hydrogen-bond acceptors (Lipinski definition) is 3. The normalized spacial score (nSPS) is 29.4. The van der Waals surface area contributed by atoms with Crippen LogP contribution in [0, 0.1) is 17.8 Å². The molecule has 3 nitrogen and oxygen atoms in total. The van der Waals surface area contributed by atoms with Gasteiger partial charge in [0.25, 0.3) is 0 Å². The predicted octanol–water partition coefficient (Wildman–Crippen LogP) is 2.56. The molecule has 3 rings (SSSR count). The molecule has 1 aromatic heterocycles. The highest BCUT2D eigenvalue weighted by Crippen LogP contribution is 2.48. The number of thiocarbonyl (C=S) groups is 1. The maximum absolute atomic E-state index is 5.55. The van der Waals surface area contributed by atoms with Crippen LogP contribution in [0.5, 0.6) is 0 Å². The number of rotatable bonds is 4. The summed E-state index contributed by atoms with van der Waals surface area (Å²) in [6.07, 6.45) is 7.50. The van der Waals surface area contributed by atoms with E-state index in [1.807, 2.05) is 12.1 Å². The molecule has 2 fully saturated rings. The third-order valence-electron chi connectivity index (χ3n) is 4.48. The summed E-state index contributed by atoms with van der Waals surface area (Å²) in [6.45, 7) is 1.06. The van der Waals surface area contributed by atoms with Crippen LogP contribution in [0.1, 0.15) is 31.2 Å². The van der Waals surface area contributed by atoms with Gasteiger partial charge in [0.1, 0.15) is 10.8 Å². The molecule has 2 saturated carbocycles. The van der Waals surface area contributed by atoms with Gasteiger partial charge in [0.05, 0.1) is 0 Å². The Bertz CT molecular complexity index is 443. The second-order valence-corrected chi connectivity index (χ2v) is 6.05. The van der Waals surface area contributed by atoms with E-state index in [0.29, 0.717) is 4.99 Å². The monoisotopic (exact) mass is 261 g/mol. The Labute approximate surface area is 113 Å². The van der Waals surface area contributed by atoms with Crippen LogP contribution in [0.2, 0.25) is 0 Å². The van der Waals surface area contributed by atoms with E-state index in [0.717, 1.165) is 35.7 Å². The summed E-state index contributed by atoms with van der Waals surface area (Å²) in [6, 6.07) is 3.89. The van der Waals surface area contributed by atoms with Crippen molar-refractivity contribution in [3.05, 3.63) is 23.9 Å². The van der Waals surface area contributed by atoms with E-state index in [-0.39, 0.29) is 0 Å². The smallest absolute Gasteiger partial charge is 0.125 e. The Kier molecular flexibility index (Phi) is 3.20. The van der Waals surface area contributed by atoms with E-state index >= 15 is 0 Å². The Balaban J connectivity index is 1.55. The molecule has 1 aromatic rings. The lowest BCUT2D eigenvalue weighted by Crippen LogP contribution is -2.20. The van der Waals surface area contributed by atoms with E-state index in [2.05, 4.69) is 10.3 Å². The summed E-state index contributed by atoms with van der Waals surface area (Å²) in [5.41, 5.74) is 6.38. The lowest BCUT2D eigenvalue weighted by molar-refractivity contribution is 0.348. The molecular formula is C14H19N3S. The molecule has 96 valence electrons. The standard InChI is InChI=1S/C14H19N3S/c15-14(18)11-3-4-13(16-7-11)17-8-12-6-9-1-2-10(12)5-9/h3-4,7,9-10,12H,1-2,5-6,8H2,(H2,15,18)(H,16,17). The van der Waals surface area contributed by atoms with Gasteiger partial charge in [-0.25, -0.2) is 4.98 Å². The molecule has 3 unspecified atom stereocenters. The van der Waals surface area contributed by atoms with Crippen LogP contribution in [-0.4, -0.2) is 16.5 Å². The van der Waals surface area contributed by atoms with Gasteiger partial charge in [0.15, 0.2) is 0 Å². The minimum absolute atomic E-state index is 0.405. The van der Waals surface area contributed by atoms with Crippen LogP contribution in [0.3, 0.4) is 0 Å². The summed E-state index contributed by atoms with van der Waals surface area (Å²) >= 11 is 4.91. The first kappa shape index (κ1) is 11.9. The van der Waals surface area contributed by atoms with E-state index < -0.39 is 0 Å². The molecule has 0 aliphatic heterocycles. The van der Waals surface area contributed by atoms with Gasteiger partial charge in [-0.1, -0.05) is 18.6 Å². The van der Waals surface area contributed by atoms with Gasteiger partial charge >= 0.3 is 0 Å². The number of nitrogens with two attached hydrogens (primary N) is 1. The van der Waals surface area contributed by atoms with Crippen molar-refractivity contribution in [3.63, 3.8) is 0 Å². The fourth-order valence-corrected chi connectivity index (χ4v) is 3.63. The van der Waals surface area contributed by atoms with Crippen LogP contribution in [0.15, 0.2) is 18.3 Å². The maximum atomic E-state index is 5.55. The second-order valence-electron chi connectivity index (χ2n) is 5.61. The molecule has 0 aromatic carbocycles. The van der Waals surface area contributed by atoms with Gasteiger partial charge in [-0.15, -0.1) is 0 Å². The highest BCUT2D eigenvalue weighted by molar-refractivity contribution is 7.80. The van der Waals surface area contributed by atoms with Gasteiger partial charge < -0.3 is 11.1 Å². The van der Waals surface area contributed by atoms with Crippen LogP contribution in [0.4, 0.5) is 5.82 Å². The highest BCUT2D eigenvalue weighted by atomic mass is 32.1. The van der Waals surface area contributed by atoms with Crippen molar-refractivity contribution < 1.29 is 0 Å². The van der Waals surface area contributed by atoms with Gasteiger partial charge in [-0.05, 0) is 49.1 Å². The summed E-state index contributed by atoms with van der Waals surface area (Å²) in [4.78, 5) is 4.75. The van der Waals surface area contributed by atoms with Crippen LogP contribution < -0.4 is 11.1 Å². The molecule has 3 N–H and O–H groups in total. The Hall–Kier alpha value is -1.16. The lowest BCUT2D eigenvalue weighted by atomic mass is 9.89. The number of pyridine rings is 1. The van der Waals surface area contributed by atoms with Crippen molar-refractivity contribution in [2.45, 2.75) is 25.7 Å². The summed E-state index contributed by atoms with van der Waals surface area (Å²) in [5.74, 6) is 3.74. The largest absolute Gasteiger partial charge is 0.389 e. The van der Waals surface area contributed by atoms with Crippen molar-refractivity contribution in [3.8, 4) is 0 Å². The molecular weight excluding hydrogens is 242 g/mol. The van der Waals surface area contributed by atoms with E-state index in [9.17, 15) is 0 Å².